The van der Waals surface area contributed by atoms with E-state index >= 15 is 0 Å². The summed E-state index contributed by atoms with van der Waals surface area (Å²) in [6.45, 7) is 0.340. The van der Waals surface area contributed by atoms with Crippen molar-refractivity contribution in [2.75, 3.05) is 11.1 Å². The molecule has 0 aromatic heterocycles. The van der Waals surface area contributed by atoms with Crippen molar-refractivity contribution in [3.63, 3.8) is 0 Å². The van der Waals surface area contributed by atoms with E-state index in [1.807, 2.05) is 6.07 Å². The van der Waals surface area contributed by atoms with Gasteiger partial charge in [0.1, 0.15) is 11.6 Å². The molecule has 3 nitrogen and oxygen atoms in total. The third-order valence-electron chi connectivity index (χ3n) is 2.45. The van der Waals surface area contributed by atoms with Crippen LogP contribution >= 0.6 is 0 Å². The molecule has 88 valence electrons. The third-order valence-corrected chi connectivity index (χ3v) is 2.45. The molecule has 0 radical (unpaired) electrons. The van der Waals surface area contributed by atoms with Gasteiger partial charge in [0, 0.05) is 17.8 Å². The molecule has 0 heterocycles. The first-order valence-electron chi connectivity index (χ1n) is 5.22. The number of aromatic hydroxyl groups is 1. The maximum absolute atomic E-state index is 13.4. The van der Waals surface area contributed by atoms with Crippen molar-refractivity contribution in [1.82, 2.24) is 0 Å². The van der Waals surface area contributed by atoms with Crippen LogP contribution in [-0.4, -0.2) is 5.11 Å². The predicted molar refractivity (Wildman–Crippen MR) is 66.2 cm³/mol. The first-order valence-corrected chi connectivity index (χ1v) is 5.22. The van der Waals surface area contributed by atoms with Crippen molar-refractivity contribution in [1.29, 1.82) is 0 Å². The Morgan fingerprint density at radius 2 is 1.94 bits per heavy atom. The second-order valence-electron chi connectivity index (χ2n) is 3.72. The Bertz CT molecular complexity index is 529. The summed E-state index contributed by atoms with van der Waals surface area (Å²) in [6, 6.07) is 11.2. The first kappa shape index (κ1) is 11.3. The number of nitrogens with one attached hydrogen (secondary N) is 1. The van der Waals surface area contributed by atoms with Gasteiger partial charge >= 0.3 is 0 Å². The van der Waals surface area contributed by atoms with E-state index in [9.17, 15) is 9.50 Å². The van der Waals surface area contributed by atoms with Crippen molar-refractivity contribution in [2.24, 2.45) is 0 Å². The van der Waals surface area contributed by atoms with Gasteiger partial charge in [0.05, 0.1) is 5.69 Å². The first-order chi connectivity index (χ1) is 8.16. The number of anilines is 2. The SMILES string of the molecule is Nc1ccc(F)c(NCc2ccccc2O)c1. The van der Waals surface area contributed by atoms with Gasteiger partial charge in [0.25, 0.3) is 0 Å². The monoisotopic (exact) mass is 232 g/mol. The normalized spacial score (nSPS) is 10.2. The van der Waals surface area contributed by atoms with Gasteiger partial charge in [-0.25, -0.2) is 4.39 Å². The molecule has 0 amide bonds. The molecule has 17 heavy (non-hydrogen) atoms. The Morgan fingerprint density at radius 1 is 1.18 bits per heavy atom. The fraction of sp³-hybridized carbons (Fsp3) is 0.0769. The molecule has 2 rings (SSSR count). The van der Waals surface area contributed by atoms with E-state index in [4.69, 9.17) is 5.73 Å². The maximum atomic E-state index is 13.4. The van der Waals surface area contributed by atoms with Crippen LogP contribution in [0.5, 0.6) is 5.75 Å². The highest BCUT2D eigenvalue weighted by atomic mass is 19.1. The molecular formula is C13H13FN2O. The molecule has 0 unspecified atom stereocenters. The van der Waals surface area contributed by atoms with E-state index in [1.165, 1.54) is 18.2 Å². The highest BCUT2D eigenvalue weighted by Gasteiger charge is 2.04. The number of para-hydroxylation sites is 1. The summed E-state index contributed by atoms with van der Waals surface area (Å²) >= 11 is 0. The second-order valence-corrected chi connectivity index (χ2v) is 3.72. The summed E-state index contributed by atoms with van der Waals surface area (Å²) in [5, 5.41) is 12.4. The van der Waals surface area contributed by atoms with Crippen molar-refractivity contribution >= 4 is 11.4 Å². The van der Waals surface area contributed by atoms with Crippen LogP contribution in [0, 0.1) is 5.82 Å². The number of benzene rings is 2. The topological polar surface area (TPSA) is 58.3 Å². The number of nitrogens with two attached hydrogens (primary N) is 1. The zero-order valence-electron chi connectivity index (χ0n) is 9.15. The van der Waals surface area contributed by atoms with Crippen LogP contribution in [0.15, 0.2) is 42.5 Å². The summed E-state index contributed by atoms with van der Waals surface area (Å²) in [6.07, 6.45) is 0. The lowest BCUT2D eigenvalue weighted by atomic mass is 10.2. The minimum absolute atomic E-state index is 0.185. The van der Waals surface area contributed by atoms with Crippen molar-refractivity contribution < 1.29 is 9.50 Å². The number of phenolic OH excluding ortho intramolecular Hbond substituents is 1. The van der Waals surface area contributed by atoms with Crippen LogP contribution in [-0.2, 0) is 6.54 Å². The lowest BCUT2D eigenvalue weighted by Gasteiger charge is -2.09. The van der Waals surface area contributed by atoms with Crippen LogP contribution in [0.25, 0.3) is 0 Å². The van der Waals surface area contributed by atoms with Crippen LogP contribution in [0.3, 0.4) is 0 Å². The predicted octanol–water partition coefficient (Wildman–Crippen LogP) is 2.73. The van der Waals surface area contributed by atoms with Gasteiger partial charge in [0.15, 0.2) is 0 Å². The largest absolute Gasteiger partial charge is 0.508 e. The van der Waals surface area contributed by atoms with Crippen LogP contribution < -0.4 is 11.1 Å². The smallest absolute Gasteiger partial charge is 0.146 e. The van der Waals surface area contributed by atoms with Crippen LogP contribution in [0.2, 0.25) is 0 Å². The highest BCUT2D eigenvalue weighted by molar-refractivity contribution is 5.55. The van der Waals surface area contributed by atoms with Gasteiger partial charge in [-0.15, -0.1) is 0 Å². The molecule has 0 aliphatic carbocycles. The van der Waals surface area contributed by atoms with Gasteiger partial charge in [-0.1, -0.05) is 18.2 Å². The summed E-state index contributed by atoms with van der Waals surface area (Å²) in [5.74, 6) is -0.182. The molecule has 0 fully saturated rings. The van der Waals surface area contributed by atoms with E-state index < -0.39 is 0 Å². The standard InChI is InChI=1S/C13H13FN2O/c14-11-6-5-10(15)7-12(11)16-8-9-3-1-2-4-13(9)17/h1-7,16-17H,8,15H2. The number of hydrogen-bond acceptors (Lipinski definition) is 3. The Labute approximate surface area is 98.7 Å². The van der Waals surface area contributed by atoms with E-state index in [-0.39, 0.29) is 11.6 Å². The van der Waals surface area contributed by atoms with Crippen molar-refractivity contribution in [3.8, 4) is 5.75 Å². The van der Waals surface area contributed by atoms with E-state index in [1.54, 1.807) is 18.2 Å². The highest BCUT2D eigenvalue weighted by Crippen LogP contribution is 2.21. The molecular weight excluding hydrogens is 219 g/mol. The van der Waals surface area contributed by atoms with E-state index in [2.05, 4.69) is 5.32 Å². The molecule has 0 spiro atoms. The molecule has 0 aliphatic rings. The van der Waals surface area contributed by atoms with Gasteiger partial charge in [-0.3, -0.25) is 0 Å². The van der Waals surface area contributed by atoms with Gasteiger partial charge in [-0.05, 0) is 24.3 Å². The van der Waals surface area contributed by atoms with E-state index in [0.717, 1.165) is 0 Å². The molecule has 0 saturated carbocycles. The average Bonchev–Trinajstić information content (AvgIpc) is 2.32. The maximum Gasteiger partial charge on any atom is 0.146 e. The van der Waals surface area contributed by atoms with Gasteiger partial charge in [0.2, 0.25) is 0 Å². The summed E-state index contributed by atoms with van der Waals surface area (Å²) in [7, 11) is 0. The Morgan fingerprint density at radius 3 is 2.71 bits per heavy atom. The minimum atomic E-state index is -0.366. The van der Waals surface area contributed by atoms with Crippen LogP contribution in [0.4, 0.5) is 15.8 Å². The Kier molecular flexibility index (Phi) is 3.14. The Hall–Kier alpha value is -2.23. The summed E-state index contributed by atoms with van der Waals surface area (Å²) < 4.78 is 13.4. The number of phenols is 1. The van der Waals surface area contributed by atoms with Crippen molar-refractivity contribution in [2.45, 2.75) is 6.54 Å². The molecule has 2 aromatic carbocycles. The van der Waals surface area contributed by atoms with Gasteiger partial charge in [-0.2, -0.15) is 0 Å². The lowest BCUT2D eigenvalue weighted by Crippen LogP contribution is -2.02. The summed E-state index contributed by atoms with van der Waals surface area (Å²) in [4.78, 5) is 0. The molecule has 0 bridgehead atoms. The lowest BCUT2D eigenvalue weighted by molar-refractivity contribution is 0.469. The van der Waals surface area contributed by atoms with E-state index in [0.29, 0.717) is 23.5 Å². The molecule has 0 saturated heterocycles. The molecule has 0 aliphatic heterocycles. The third kappa shape index (κ3) is 2.66. The fourth-order valence-electron chi connectivity index (χ4n) is 1.53. The molecule has 4 N–H and O–H groups in total. The Balaban J connectivity index is 2.12. The van der Waals surface area contributed by atoms with Crippen LogP contribution in [0.1, 0.15) is 5.56 Å². The minimum Gasteiger partial charge on any atom is -0.508 e. The molecule has 0 atom stereocenters. The fourth-order valence-corrected chi connectivity index (χ4v) is 1.53. The number of halogens is 1. The number of hydrogen-bond donors (Lipinski definition) is 3. The number of rotatable bonds is 3. The van der Waals surface area contributed by atoms with Gasteiger partial charge < -0.3 is 16.2 Å². The van der Waals surface area contributed by atoms with Crippen molar-refractivity contribution in [3.05, 3.63) is 53.8 Å². The number of nitrogen functional groups attached to an aromatic ring is 1. The quantitative estimate of drug-likeness (QED) is 0.713. The second kappa shape index (κ2) is 4.74. The molecule has 4 heteroatoms. The zero-order valence-corrected chi connectivity index (χ0v) is 9.15. The summed E-state index contributed by atoms with van der Waals surface area (Å²) in [5.41, 5.74) is 7.09. The average molecular weight is 232 g/mol. The zero-order chi connectivity index (χ0) is 12.3. The molecule has 2 aromatic rings.